The van der Waals surface area contributed by atoms with Crippen LogP contribution in [0.25, 0.3) is 0 Å². The summed E-state index contributed by atoms with van der Waals surface area (Å²) in [5, 5.41) is 20.9. The van der Waals surface area contributed by atoms with Crippen LogP contribution in [0.1, 0.15) is 0 Å². The average molecular weight is 152 g/mol. The molecule has 0 heterocycles. The van der Waals surface area contributed by atoms with Crippen LogP contribution in [0.2, 0.25) is 0 Å². The van der Waals surface area contributed by atoms with Crippen molar-refractivity contribution in [2.75, 3.05) is 5.32 Å². The molecule has 1 rings (SSSR count). The first-order chi connectivity index (χ1) is 5.18. The largest absolute Gasteiger partial charge is 0.872 e. The van der Waals surface area contributed by atoms with Gasteiger partial charge in [-0.05, 0) is 12.1 Å². The maximum atomic E-state index is 10.5. The molecular weight excluding hydrogens is 146 g/mol. The predicted molar refractivity (Wildman–Crippen MR) is 37.5 cm³/mol. The number of rotatable bonds is 1. The van der Waals surface area contributed by atoms with Crippen molar-refractivity contribution >= 4 is 11.8 Å². The van der Waals surface area contributed by atoms with Crippen molar-refractivity contribution in [3.8, 4) is 5.75 Å². The van der Waals surface area contributed by atoms with Crippen LogP contribution >= 0.6 is 0 Å². The molecule has 0 saturated carbocycles. The van der Waals surface area contributed by atoms with Gasteiger partial charge in [-0.15, -0.1) is 5.75 Å². The van der Waals surface area contributed by atoms with Crippen molar-refractivity contribution < 1.29 is 15.0 Å². The van der Waals surface area contributed by atoms with Crippen LogP contribution in [-0.4, -0.2) is 11.2 Å². The lowest BCUT2D eigenvalue weighted by molar-refractivity contribution is -0.268. The minimum atomic E-state index is -1.14. The number of carboxylic acid groups (broad SMARTS) is 1. The highest BCUT2D eigenvalue weighted by molar-refractivity contribution is 5.82. The molecule has 0 saturated heterocycles. The lowest BCUT2D eigenvalue weighted by atomic mass is 10.3. The Labute approximate surface area is 63.1 Å². The fourth-order valence-corrected chi connectivity index (χ4v) is 0.662. The highest BCUT2D eigenvalue weighted by atomic mass is 16.4. The van der Waals surface area contributed by atoms with E-state index in [-0.39, 0.29) is 5.75 Å². The highest BCUT2D eigenvalue weighted by Crippen LogP contribution is 2.10. The van der Waals surface area contributed by atoms with E-state index in [1.165, 1.54) is 24.3 Å². The van der Waals surface area contributed by atoms with Gasteiger partial charge in [0.15, 0.2) is 0 Å². The summed E-state index contributed by atoms with van der Waals surface area (Å²) in [6, 6.07) is 5.42. The van der Waals surface area contributed by atoms with Crippen LogP contribution in [0, 0.1) is 0 Å². The quantitative estimate of drug-likeness (QED) is 0.626. The summed E-state index contributed by atoms with van der Waals surface area (Å²) >= 11 is 0. The molecule has 1 amide bonds. The molecule has 2 N–H and O–H groups in total. The Hall–Kier alpha value is -1.71. The first-order valence-electron chi connectivity index (χ1n) is 2.95. The summed E-state index contributed by atoms with van der Waals surface area (Å²) < 4.78 is 0. The summed E-state index contributed by atoms with van der Waals surface area (Å²) in [4.78, 5) is 10.1. The molecule has 0 radical (unpaired) electrons. The zero-order valence-electron chi connectivity index (χ0n) is 5.57. The molecule has 58 valence electrons. The van der Waals surface area contributed by atoms with Crippen molar-refractivity contribution in [1.29, 1.82) is 0 Å². The van der Waals surface area contributed by atoms with Gasteiger partial charge in [-0.1, -0.05) is 12.1 Å². The van der Waals surface area contributed by atoms with Gasteiger partial charge in [-0.2, -0.15) is 0 Å². The second-order valence-electron chi connectivity index (χ2n) is 1.95. The molecule has 11 heavy (non-hydrogen) atoms. The minimum absolute atomic E-state index is 0.138. The van der Waals surface area contributed by atoms with Gasteiger partial charge in [0.1, 0.15) is 0 Å². The van der Waals surface area contributed by atoms with Crippen molar-refractivity contribution in [3.63, 3.8) is 0 Å². The first kappa shape index (κ1) is 7.40. The van der Waals surface area contributed by atoms with Gasteiger partial charge in [-0.25, -0.2) is 4.79 Å². The third-order valence-electron chi connectivity index (χ3n) is 1.11. The molecule has 0 aliphatic rings. The zero-order chi connectivity index (χ0) is 8.27. The second kappa shape index (κ2) is 2.92. The van der Waals surface area contributed by atoms with E-state index in [0.29, 0.717) is 5.69 Å². The summed E-state index contributed by atoms with van der Waals surface area (Å²) in [5.41, 5.74) is 0.400. The summed E-state index contributed by atoms with van der Waals surface area (Å²) in [6.07, 6.45) is -1.14. The molecule has 1 aromatic carbocycles. The monoisotopic (exact) mass is 152 g/mol. The van der Waals surface area contributed by atoms with E-state index >= 15 is 0 Å². The maximum absolute atomic E-state index is 10.5. The molecule has 4 nitrogen and oxygen atoms in total. The van der Waals surface area contributed by atoms with Crippen molar-refractivity contribution in [3.05, 3.63) is 24.3 Å². The van der Waals surface area contributed by atoms with Crippen LogP contribution in [0.3, 0.4) is 0 Å². The van der Waals surface area contributed by atoms with Gasteiger partial charge in [0.25, 0.3) is 0 Å². The van der Waals surface area contributed by atoms with E-state index in [4.69, 9.17) is 5.11 Å². The minimum Gasteiger partial charge on any atom is -0.872 e. The van der Waals surface area contributed by atoms with E-state index < -0.39 is 6.09 Å². The van der Waals surface area contributed by atoms with E-state index in [1.54, 1.807) is 0 Å². The first-order valence-corrected chi connectivity index (χ1v) is 2.95. The number of carbonyl (C=O) groups is 1. The Balaban J connectivity index is 2.74. The molecule has 0 fully saturated rings. The zero-order valence-corrected chi connectivity index (χ0v) is 5.57. The Bertz CT molecular complexity index is 255. The van der Waals surface area contributed by atoms with Crippen molar-refractivity contribution in [2.45, 2.75) is 0 Å². The normalized spacial score (nSPS) is 9.09. The standard InChI is InChI=1S/C7H7NO3/c9-6-3-1-5(2-4-6)8-7(10)11/h1-4,8-9H,(H,10,11)/p-1. The molecule has 0 aliphatic heterocycles. The van der Waals surface area contributed by atoms with Gasteiger partial charge >= 0.3 is 6.09 Å². The molecule has 0 aromatic heterocycles. The SMILES string of the molecule is O=C(O)Nc1ccc([O-])cc1. The lowest BCUT2D eigenvalue weighted by Crippen LogP contribution is -2.06. The van der Waals surface area contributed by atoms with E-state index in [1.807, 2.05) is 0 Å². The summed E-state index contributed by atoms with van der Waals surface area (Å²) in [5.74, 6) is -0.138. The molecule has 1 aromatic rings. The topological polar surface area (TPSA) is 72.4 Å². The van der Waals surface area contributed by atoms with Crippen LogP contribution in [0.4, 0.5) is 10.5 Å². The Morgan fingerprint density at radius 3 is 2.36 bits per heavy atom. The number of amides is 1. The van der Waals surface area contributed by atoms with Gasteiger partial charge in [0.05, 0.1) is 0 Å². The Morgan fingerprint density at radius 1 is 1.36 bits per heavy atom. The average Bonchev–Trinajstić information content (AvgIpc) is 1.93. The fraction of sp³-hybridized carbons (Fsp3) is 0. The molecular formula is C7H6NO3-. The van der Waals surface area contributed by atoms with E-state index in [0.717, 1.165) is 0 Å². The third-order valence-corrected chi connectivity index (χ3v) is 1.11. The highest BCUT2D eigenvalue weighted by Gasteiger charge is 1.93. The number of hydrogen-bond donors (Lipinski definition) is 2. The molecule has 0 aliphatic carbocycles. The number of anilines is 1. The van der Waals surface area contributed by atoms with E-state index in [2.05, 4.69) is 5.32 Å². The van der Waals surface area contributed by atoms with Crippen LogP contribution in [-0.2, 0) is 0 Å². The van der Waals surface area contributed by atoms with Crippen molar-refractivity contribution in [2.24, 2.45) is 0 Å². The number of benzene rings is 1. The summed E-state index contributed by atoms with van der Waals surface area (Å²) in [7, 11) is 0. The molecule has 0 unspecified atom stereocenters. The second-order valence-corrected chi connectivity index (χ2v) is 1.95. The smallest absolute Gasteiger partial charge is 0.409 e. The molecule has 0 atom stereocenters. The van der Waals surface area contributed by atoms with Crippen molar-refractivity contribution in [1.82, 2.24) is 0 Å². The van der Waals surface area contributed by atoms with Crippen LogP contribution < -0.4 is 10.4 Å². The Kier molecular flexibility index (Phi) is 1.96. The number of nitrogens with one attached hydrogen (secondary N) is 1. The van der Waals surface area contributed by atoms with Gasteiger partial charge in [-0.3, -0.25) is 5.32 Å². The van der Waals surface area contributed by atoms with Crippen LogP contribution in [0.5, 0.6) is 5.75 Å². The lowest BCUT2D eigenvalue weighted by Gasteiger charge is -2.05. The third kappa shape index (κ3) is 2.17. The van der Waals surface area contributed by atoms with E-state index in [9.17, 15) is 9.90 Å². The summed E-state index contributed by atoms with van der Waals surface area (Å²) in [6.45, 7) is 0. The molecule has 0 bridgehead atoms. The molecule has 4 heteroatoms. The van der Waals surface area contributed by atoms with Crippen LogP contribution in [0.15, 0.2) is 24.3 Å². The predicted octanol–water partition coefficient (Wildman–Crippen LogP) is 0.850. The van der Waals surface area contributed by atoms with Gasteiger partial charge in [0.2, 0.25) is 0 Å². The number of hydrogen-bond acceptors (Lipinski definition) is 2. The fourth-order valence-electron chi connectivity index (χ4n) is 0.662. The van der Waals surface area contributed by atoms with Gasteiger partial charge < -0.3 is 10.2 Å². The molecule has 0 spiro atoms. The van der Waals surface area contributed by atoms with Gasteiger partial charge in [0, 0.05) is 5.69 Å². The Morgan fingerprint density at radius 2 is 1.91 bits per heavy atom. The maximum Gasteiger partial charge on any atom is 0.409 e.